The van der Waals surface area contributed by atoms with Crippen LogP contribution in [0.1, 0.15) is 29.3 Å². The average molecular weight is 234 g/mol. The molecule has 3 N–H and O–H groups in total. The van der Waals surface area contributed by atoms with Crippen LogP contribution in [0.5, 0.6) is 0 Å². The highest BCUT2D eigenvalue weighted by Crippen LogP contribution is 2.23. The number of aryl methyl sites for hydroxylation is 1. The van der Waals surface area contributed by atoms with Crippen molar-refractivity contribution in [3.63, 3.8) is 0 Å². The molecule has 17 heavy (non-hydrogen) atoms. The van der Waals surface area contributed by atoms with Crippen LogP contribution in [-0.4, -0.2) is 34.6 Å². The van der Waals surface area contributed by atoms with E-state index in [9.17, 15) is 9.90 Å². The first-order valence-electron chi connectivity index (χ1n) is 5.76. The van der Waals surface area contributed by atoms with Crippen LogP contribution in [0.4, 0.5) is 5.69 Å². The number of likely N-dealkylation sites (tertiary alicyclic amines) is 1. The molecule has 0 spiro atoms. The second-order valence-corrected chi connectivity index (χ2v) is 5.11. The molecule has 1 heterocycles. The van der Waals surface area contributed by atoms with Gasteiger partial charge in [-0.25, -0.2) is 0 Å². The molecule has 1 atom stereocenters. The SMILES string of the molecule is Cc1cc(N)cc(C(=O)N2CCC(C)(O)C2)c1. The quantitative estimate of drug-likeness (QED) is 0.717. The summed E-state index contributed by atoms with van der Waals surface area (Å²) in [6.07, 6.45) is 0.625. The molecule has 1 unspecified atom stereocenters. The van der Waals surface area contributed by atoms with E-state index in [0.29, 0.717) is 30.8 Å². The van der Waals surface area contributed by atoms with Crippen LogP contribution in [0.15, 0.2) is 18.2 Å². The van der Waals surface area contributed by atoms with Gasteiger partial charge in [-0.1, -0.05) is 0 Å². The fourth-order valence-electron chi connectivity index (χ4n) is 2.24. The Hall–Kier alpha value is -1.55. The fourth-order valence-corrected chi connectivity index (χ4v) is 2.24. The molecule has 0 radical (unpaired) electrons. The van der Waals surface area contributed by atoms with E-state index in [1.54, 1.807) is 17.9 Å². The van der Waals surface area contributed by atoms with Crippen molar-refractivity contribution in [1.82, 2.24) is 4.90 Å². The molecule has 2 rings (SSSR count). The van der Waals surface area contributed by atoms with Crippen molar-refractivity contribution >= 4 is 11.6 Å². The van der Waals surface area contributed by atoms with E-state index in [0.717, 1.165) is 5.56 Å². The first-order chi connectivity index (χ1) is 7.87. The van der Waals surface area contributed by atoms with Gasteiger partial charge in [0.15, 0.2) is 0 Å². The van der Waals surface area contributed by atoms with E-state index in [2.05, 4.69) is 0 Å². The number of anilines is 1. The van der Waals surface area contributed by atoms with Gasteiger partial charge < -0.3 is 15.7 Å². The van der Waals surface area contributed by atoms with Crippen LogP contribution in [0, 0.1) is 6.92 Å². The highest BCUT2D eigenvalue weighted by molar-refractivity contribution is 5.95. The third-order valence-corrected chi connectivity index (χ3v) is 3.09. The number of amides is 1. The summed E-state index contributed by atoms with van der Waals surface area (Å²) in [5, 5.41) is 9.85. The predicted molar refractivity (Wildman–Crippen MR) is 66.7 cm³/mol. The number of nitrogen functional groups attached to an aromatic ring is 1. The molecule has 92 valence electrons. The Morgan fingerprint density at radius 2 is 2.18 bits per heavy atom. The minimum atomic E-state index is -0.759. The minimum Gasteiger partial charge on any atom is -0.399 e. The Balaban J connectivity index is 2.20. The van der Waals surface area contributed by atoms with Crippen molar-refractivity contribution in [1.29, 1.82) is 0 Å². The van der Waals surface area contributed by atoms with Crippen LogP contribution in [-0.2, 0) is 0 Å². The Labute approximate surface area is 101 Å². The number of rotatable bonds is 1. The lowest BCUT2D eigenvalue weighted by Gasteiger charge is -2.19. The summed E-state index contributed by atoms with van der Waals surface area (Å²) in [6.45, 7) is 4.65. The maximum atomic E-state index is 12.2. The molecule has 1 fully saturated rings. The van der Waals surface area contributed by atoms with Crippen LogP contribution in [0.3, 0.4) is 0 Å². The number of hydrogen-bond donors (Lipinski definition) is 2. The lowest BCUT2D eigenvalue weighted by molar-refractivity contribution is 0.0572. The zero-order valence-electron chi connectivity index (χ0n) is 10.2. The van der Waals surface area contributed by atoms with E-state index >= 15 is 0 Å². The molecule has 4 heteroatoms. The molecule has 1 aliphatic heterocycles. The maximum Gasteiger partial charge on any atom is 0.254 e. The fraction of sp³-hybridized carbons (Fsp3) is 0.462. The summed E-state index contributed by atoms with van der Waals surface area (Å²) < 4.78 is 0. The second-order valence-electron chi connectivity index (χ2n) is 5.11. The molecular formula is C13H18N2O2. The van der Waals surface area contributed by atoms with Crippen molar-refractivity contribution in [3.8, 4) is 0 Å². The number of β-amino-alcohol motifs (C(OH)–C–C–N with tert-alkyl or cyclic N) is 1. The van der Waals surface area contributed by atoms with Crippen molar-refractivity contribution in [3.05, 3.63) is 29.3 Å². The molecule has 0 saturated carbocycles. The number of nitrogens with zero attached hydrogens (tertiary/aromatic N) is 1. The van der Waals surface area contributed by atoms with Crippen LogP contribution >= 0.6 is 0 Å². The van der Waals surface area contributed by atoms with Crippen molar-refractivity contribution in [2.24, 2.45) is 0 Å². The summed E-state index contributed by atoms with van der Waals surface area (Å²) in [4.78, 5) is 13.9. The highest BCUT2D eigenvalue weighted by Gasteiger charge is 2.34. The van der Waals surface area contributed by atoms with Gasteiger partial charge in [0.05, 0.1) is 5.60 Å². The van der Waals surface area contributed by atoms with Crippen LogP contribution in [0.2, 0.25) is 0 Å². The zero-order chi connectivity index (χ0) is 12.6. The summed E-state index contributed by atoms with van der Waals surface area (Å²) in [7, 11) is 0. The monoisotopic (exact) mass is 234 g/mol. The summed E-state index contributed by atoms with van der Waals surface area (Å²) in [5.41, 5.74) is 7.14. The van der Waals surface area contributed by atoms with E-state index in [1.807, 2.05) is 19.1 Å². The molecule has 0 bridgehead atoms. The molecule has 0 aliphatic carbocycles. The molecule has 1 amide bonds. The molecule has 1 aromatic rings. The summed E-state index contributed by atoms with van der Waals surface area (Å²) >= 11 is 0. The minimum absolute atomic E-state index is 0.0572. The first-order valence-corrected chi connectivity index (χ1v) is 5.76. The number of aliphatic hydroxyl groups is 1. The van der Waals surface area contributed by atoms with E-state index < -0.39 is 5.60 Å². The number of carbonyl (C=O) groups is 1. The lowest BCUT2D eigenvalue weighted by Crippen LogP contribution is -2.33. The number of hydrogen-bond acceptors (Lipinski definition) is 3. The Kier molecular flexibility index (Phi) is 2.83. The topological polar surface area (TPSA) is 66.6 Å². The van der Waals surface area contributed by atoms with E-state index in [4.69, 9.17) is 5.73 Å². The average Bonchev–Trinajstić information content (AvgIpc) is 2.56. The lowest BCUT2D eigenvalue weighted by atomic mass is 10.1. The van der Waals surface area contributed by atoms with Gasteiger partial charge in [-0.3, -0.25) is 4.79 Å². The number of benzene rings is 1. The molecule has 4 nitrogen and oxygen atoms in total. The number of carbonyl (C=O) groups excluding carboxylic acids is 1. The third kappa shape index (κ3) is 2.58. The standard InChI is InChI=1S/C13H18N2O2/c1-9-5-10(7-11(14)6-9)12(16)15-4-3-13(2,17)8-15/h5-7,17H,3-4,8,14H2,1-2H3. The number of nitrogens with two attached hydrogens (primary N) is 1. The first kappa shape index (κ1) is 11.9. The van der Waals surface area contributed by atoms with Gasteiger partial charge in [-0.2, -0.15) is 0 Å². The zero-order valence-corrected chi connectivity index (χ0v) is 10.2. The Bertz CT molecular complexity index is 434. The molecule has 0 aromatic heterocycles. The summed E-state index contributed by atoms with van der Waals surface area (Å²) in [5.74, 6) is -0.0572. The molecular weight excluding hydrogens is 216 g/mol. The van der Waals surface area contributed by atoms with Crippen LogP contribution < -0.4 is 5.73 Å². The smallest absolute Gasteiger partial charge is 0.254 e. The normalized spacial score (nSPS) is 24.1. The van der Waals surface area contributed by atoms with Gasteiger partial charge in [0.2, 0.25) is 0 Å². The molecule has 1 aliphatic rings. The van der Waals surface area contributed by atoms with Crippen LogP contribution in [0.25, 0.3) is 0 Å². The van der Waals surface area contributed by atoms with Crippen molar-refractivity contribution in [2.45, 2.75) is 25.9 Å². The van der Waals surface area contributed by atoms with Crippen molar-refractivity contribution in [2.75, 3.05) is 18.8 Å². The van der Waals surface area contributed by atoms with Gasteiger partial charge in [0.1, 0.15) is 0 Å². The predicted octanol–water partition coefficient (Wildman–Crippen LogP) is 1.17. The van der Waals surface area contributed by atoms with Gasteiger partial charge in [-0.05, 0) is 44.0 Å². The molecule has 1 saturated heterocycles. The van der Waals surface area contributed by atoms with Crippen molar-refractivity contribution < 1.29 is 9.90 Å². The van der Waals surface area contributed by atoms with Gasteiger partial charge in [0.25, 0.3) is 5.91 Å². The van der Waals surface area contributed by atoms with E-state index in [1.165, 1.54) is 0 Å². The highest BCUT2D eigenvalue weighted by atomic mass is 16.3. The Morgan fingerprint density at radius 1 is 1.47 bits per heavy atom. The van der Waals surface area contributed by atoms with E-state index in [-0.39, 0.29) is 5.91 Å². The van der Waals surface area contributed by atoms with Gasteiger partial charge in [0, 0.05) is 24.3 Å². The summed E-state index contributed by atoms with van der Waals surface area (Å²) in [6, 6.07) is 5.34. The second kappa shape index (κ2) is 4.04. The maximum absolute atomic E-state index is 12.2. The van der Waals surface area contributed by atoms with Gasteiger partial charge in [-0.15, -0.1) is 0 Å². The van der Waals surface area contributed by atoms with Gasteiger partial charge >= 0.3 is 0 Å². The third-order valence-electron chi connectivity index (χ3n) is 3.09. The Morgan fingerprint density at radius 3 is 2.71 bits per heavy atom. The molecule has 1 aromatic carbocycles. The largest absolute Gasteiger partial charge is 0.399 e.